The lowest BCUT2D eigenvalue weighted by Crippen LogP contribution is -2.36. The van der Waals surface area contributed by atoms with Crippen molar-refractivity contribution in [3.05, 3.63) is 71.3 Å². The van der Waals surface area contributed by atoms with Crippen molar-refractivity contribution in [3.8, 4) is 0 Å². The van der Waals surface area contributed by atoms with E-state index >= 15 is 0 Å². The summed E-state index contributed by atoms with van der Waals surface area (Å²) in [6.45, 7) is 0. The molecule has 2 aromatic rings. The van der Waals surface area contributed by atoms with Gasteiger partial charge in [0.05, 0.1) is 0 Å². The van der Waals surface area contributed by atoms with Gasteiger partial charge in [-0.1, -0.05) is 61.7 Å². The number of hydrogen-bond acceptors (Lipinski definition) is 2. The Balaban J connectivity index is 1.46. The molecule has 0 atom stereocenters. The Morgan fingerprint density at radius 1 is 0.875 bits per heavy atom. The number of thioether (sulfide) groups is 1. The maximum absolute atomic E-state index is 12.3. The molecule has 0 heterocycles. The van der Waals surface area contributed by atoms with Crippen molar-refractivity contribution in [1.29, 1.82) is 0 Å². The van der Waals surface area contributed by atoms with Crippen LogP contribution in [-0.2, 0) is 11.5 Å². The van der Waals surface area contributed by atoms with Crippen LogP contribution in [0.5, 0.6) is 0 Å². The molecule has 0 saturated heterocycles. The van der Waals surface area contributed by atoms with Crippen LogP contribution in [0.4, 0.5) is 0 Å². The second-order valence-corrected chi connectivity index (χ2v) is 7.47. The number of carbonyl (C=O) groups is 1. The predicted octanol–water partition coefficient (Wildman–Crippen LogP) is 5.18. The molecule has 1 amide bonds. The fraction of sp³-hybridized carbons (Fsp3) is 0.381. The molecule has 24 heavy (non-hydrogen) atoms. The van der Waals surface area contributed by atoms with Gasteiger partial charge in [-0.2, -0.15) is 11.8 Å². The average molecular weight is 340 g/mol. The summed E-state index contributed by atoms with van der Waals surface area (Å²) in [5, 5.41) is 3.18. The molecule has 3 rings (SSSR count). The first kappa shape index (κ1) is 17.1. The number of amides is 1. The van der Waals surface area contributed by atoms with Crippen LogP contribution in [0.25, 0.3) is 0 Å². The number of hydrogen-bond donors (Lipinski definition) is 1. The molecule has 2 nitrogen and oxygen atoms in total. The average Bonchev–Trinajstić information content (AvgIpc) is 2.64. The highest BCUT2D eigenvalue weighted by molar-refractivity contribution is 7.97. The molecule has 1 aliphatic rings. The van der Waals surface area contributed by atoms with Crippen LogP contribution in [0, 0.1) is 0 Å². The minimum Gasteiger partial charge on any atom is -0.349 e. The minimum atomic E-state index is 0.0744. The van der Waals surface area contributed by atoms with Crippen LogP contribution in [0.1, 0.15) is 53.6 Å². The van der Waals surface area contributed by atoms with Gasteiger partial charge in [0.2, 0.25) is 0 Å². The van der Waals surface area contributed by atoms with E-state index in [1.54, 1.807) is 0 Å². The van der Waals surface area contributed by atoms with Gasteiger partial charge in [0.1, 0.15) is 0 Å². The summed E-state index contributed by atoms with van der Waals surface area (Å²) in [6, 6.07) is 19.0. The molecule has 2 aromatic carbocycles. The van der Waals surface area contributed by atoms with Gasteiger partial charge in [-0.3, -0.25) is 4.79 Å². The van der Waals surface area contributed by atoms with Crippen molar-refractivity contribution < 1.29 is 4.79 Å². The first-order valence-corrected chi connectivity index (χ1v) is 9.98. The van der Waals surface area contributed by atoms with Gasteiger partial charge in [0.15, 0.2) is 0 Å². The maximum atomic E-state index is 12.3. The number of benzene rings is 2. The third-order valence-corrected chi connectivity index (χ3v) is 5.61. The smallest absolute Gasteiger partial charge is 0.251 e. The molecule has 0 unspecified atom stereocenters. The van der Waals surface area contributed by atoms with Gasteiger partial charge in [0.25, 0.3) is 5.91 Å². The van der Waals surface area contributed by atoms with E-state index in [0.29, 0.717) is 6.04 Å². The maximum Gasteiger partial charge on any atom is 0.251 e. The van der Waals surface area contributed by atoms with Gasteiger partial charge < -0.3 is 5.32 Å². The van der Waals surface area contributed by atoms with Crippen LogP contribution in [0.15, 0.2) is 54.6 Å². The van der Waals surface area contributed by atoms with Crippen molar-refractivity contribution in [2.75, 3.05) is 0 Å². The van der Waals surface area contributed by atoms with Crippen LogP contribution in [0.3, 0.4) is 0 Å². The standard InChI is InChI=1S/C21H25NOS/c23-21(22-20-9-5-2-6-10-20)19-13-11-18(12-14-19)16-24-15-17-7-3-1-4-8-17/h1,3-4,7-8,11-14,20H,2,5-6,9-10,15-16H2,(H,22,23). The minimum absolute atomic E-state index is 0.0744. The predicted molar refractivity (Wildman–Crippen MR) is 102 cm³/mol. The van der Waals surface area contributed by atoms with E-state index in [2.05, 4.69) is 41.7 Å². The van der Waals surface area contributed by atoms with Crippen molar-refractivity contribution >= 4 is 17.7 Å². The summed E-state index contributed by atoms with van der Waals surface area (Å²) in [6.07, 6.45) is 6.03. The largest absolute Gasteiger partial charge is 0.349 e. The Kier molecular flexibility index (Phi) is 6.36. The molecule has 0 spiro atoms. The summed E-state index contributed by atoms with van der Waals surface area (Å²) < 4.78 is 0. The number of nitrogens with one attached hydrogen (secondary N) is 1. The third kappa shape index (κ3) is 5.13. The lowest BCUT2D eigenvalue weighted by molar-refractivity contribution is 0.0927. The zero-order chi connectivity index (χ0) is 16.6. The molecular weight excluding hydrogens is 314 g/mol. The molecule has 0 aromatic heterocycles. The second kappa shape index (κ2) is 8.93. The highest BCUT2D eigenvalue weighted by Crippen LogP contribution is 2.19. The van der Waals surface area contributed by atoms with E-state index in [0.717, 1.165) is 29.9 Å². The van der Waals surface area contributed by atoms with E-state index < -0.39 is 0 Å². The van der Waals surface area contributed by atoms with Crippen molar-refractivity contribution in [1.82, 2.24) is 5.32 Å². The van der Waals surface area contributed by atoms with E-state index in [1.807, 2.05) is 30.0 Å². The number of carbonyl (C=O) groups excluding carboxylic acids is 1. The summed E-state index contributed by atoms with van der Waals surface area (Å²) in [7, 11) is 0. The lowest BCUT2D eigenvalue weighted by atomic mass is 9.95. The van der Waals surface area contributed by atoms with E-state index in [-0.39, 0.29) is 5.91 Å². The molecule has 126 valence electrons. The highest BCUT2D eigenvalue weighted by Gasteiger charge is 2.16. The van der Waals surface area contributed by atoms with Crippen LogP contribution in [-0.4, -0.2) is 11.9 Å². The normalized spacial score (nSPS) is 15.2. The summed E-state index contributed by atoms with van der Waals surface area (Å²) in [5.41, 5.74) is 3.40. The summed E-state index contributed by atoms with van der Waals surface area (Å²) >= 11 is 1.90. The number of rotatable bonds is 6. The van der Waals surface area contributed by atoms with E-state index in [9.17, 15) is 4.79 Å². The molecule has 1 fully saturated rings. The van der Waals surface area contributed by atoms with Gasteiger partial charge >= 0.3 is 0 Å². The molecule has 1 saturated carbocycles. The van der Waals surface area contributed by atoms with Crippen molar-refractivity contribution in [3.63, 3.8) is 0 Å². The quantitative estimate of drug-likeness (QED) is 0.785. The fourth-order valence-corrected chi connectivity index (χ4v) is 4.09. The third-order valence-electron chi connectivity index (χ3n) is 4.54. The zero-order valence-electron chi connectivity index (χ0n) is 14.0. The Bertz CT molecular complexity index is 633. The van der Waals surface area contributed by atoms with Crippen LogP contribution in [0.2, 0.25) is 0 Å². The molecule has 3 heteroatoms. The van der Waals surface area contributed by atoms with Gasteiger partial charge in [0, 0.05) is 23.1 Å². The summed E-state index contributed by atoms with van der Waals surface area (Å²) in [5.74, 6) is 2.06. The Morgan fingerprint density at radius 2 is 1.50 bits per heavy atom. The molecule has 0 bridgehead atoms. The van der Waals surface area contributed by atoms with Crippen LogP contribution >= 0.6 is 11.8 Å². The molecule has 1 aliphatic carbocycles. The van der Waals surface area contributed by atoms with Crippen LogP contribution < -0.4 is 5.32 Å². The van der Waals surface area contributed by atoms with Gasteiger partial charge in [-0.05, 0) is 36.1 Å². The zero-order valence-corrected chi connectivity index (χ0v) is 14.9. The van der Waals surface area contributed by atoms with E-state index in [4.69, 9.17) is 0 Å². The lowest BCUT2D eigenvalue weighted by Gasteiger charge is -2.22. The Hall–Kier alpha value is -1.74. The molecule has 1 N–H and O–H groups in total. The van der Waals surface area contributed by atoms with Crippen molar-refractivity contribution in [2.24, 2.45) is 0 Å². The second-order valence-electron chi connectivity index (χ2n) is 6.48. The fourth-order valence-electron chi connectivity index (χ4n) is 3.13. The monoisotopic (exact) mass is 339 g/mol. The molecule has 0 aliphatic heterocycles. The summed E-state index contributed by atoms with van der Waals surface area (Å²) in [4.78, 5) is 12.3. The topological polar surface area (TPSA) is 29.1 Å². The highest BCUT2D eigenvalue weighted by atomic mass is 32.2. The Labute approximate surface area is 149 Å². The van der Waals surface area contributed by atoms with Crippen molar-refractivity contribution in [2.45, 2.75) is 49.7 Å². The van der Waals surface area contributed by atoms with E-state index in [1.165, 1.54) is 30.4 Å². The van der Waals surface area contributed by atoms with Gasteiger partial charge in [-0.25, -0.2) is 0 Å². The SMILES string of the molecule is O=C(NC1CCCCC1)c1ccc(CSCc2ccccc2)cc1. The molecular formula is C21H25NOS. The molecule has 0 radical (unpaired) electrons. The van der Waals surface area contributed by atoms with Gasteiger partial charge in [-0.15, -0.1) is 0 Å². The first-order chi connectivity index (χ1) is 11.8. The Morgan fingerprint density at radius 3 is 2.17 bits per heavy atom. The first-order valence-electron chi connectivity index (χ1n) is 8.83.